The van der Waals surface area contributed by atoms with Crippen molar-refractivity contribution in [3.8, 4) is 0 Å². The van der Waals surface area contributed by atoms with Crippen LogP contribution in [0, 0.1) is 28.6 Å². The van der Waals surface area contributed by atoms with Crippen LogP contribution >= 0.6 is 0 Å². The first kappa shape index (κ1) is 18.9. The molecule has 3 saturated carbocycles. The largest absolute Gasteiger partial charge is 0.475 e. The maximum Gasteiger partial charge on any atom is 0.209 e. The molecule has 0 amide bonds. The quantitative estimate of drug-likeness (QED) is 0.612. The molecule has 5 aliphatic rings. The van der Waals surface area contributed by atoms with Crippen molar-refractivity contribution in [2.75, 3.05) is 6.61 Å². The Balaban J connectivity index is 1.43. The molecule has 0 spiro atoms. The zero-order valence-electron chi connectivity index (χ0n) is 18.1. The summed E-state index contributed by atoms with van der Waals surface area (Å²) in [6.45, 7) is 10.0. The van der Waals surface area contributed by atoms with Gasteiger partial charge in [-0.05, 0) is 99.9 Å². The van der Waals surface area contributed by atoms with Gasteiger partial charge in [-0.25, -0.2) is 4.99 Å². The molecule has 0 radical (unpaired) electrons. The fourth-order valence-electron chi connectivity index (χ4n) is 7.56. The molecule has 6 unspecified atom stereocenters. The van der Waals surface area contributed by atoms with E-state index in [-0.39, 0.29) is 11.6 Å². The van der Waals surface area contributed by atoms with E-state index in [1.807, 2.05) is 0 Å². The molecule has 1 N–H and O–H groups in total. The van der Waals surface area contributed by atoms with Gasteiger partial charge in [-0.15, -0.1) is 0 Å². The number of allylic oxidation sites excluding steroid dienone is 2. The number of fused-ring (bicyclic) bond motifs is 5. The van der Waals surface area contributed by atoms with E-state index >= 15 is 0 Å². The lowest BCUT2D eigenvalue weighted by Gasteiger charge is -2.57. The third-order valence-electron chi connectivity index (χ3n) is 9.21. The van der Waals surface area contributed by atoms with Crippen LogP contribution in [0.25, 0.3) is 0 Å². The van der Waals surface area contributed by atoms with E-state index in [0.29, 0.717) is 17.4 Å². The fraction of sp³-hybridized carbons (Fsp3) is 0.800. The summed E-state index contributed by atoms with van der Waals surface area (Å²) in [6, 6.07) is 0. The summed E-state index contributed by atoms with van der Waals surface area (Å²) in [5.41, 5.74) is 3.73. The van der Waals surface area contributed by atoms with E-state index in [1.165, 1.54) is 38.5 Å². The minimum atomic E-state index is -0.109. The van der Waals surface area contributed by atoms with Gasteiger partial charge in [0.05, 0.1) is 11.6 Å². The Labute approximate surface area is 170 Å². The lowest BCUT2D eigenvalue weighted by Crippen LogP contribution is -2.49. The standard InChI is InChI=1S/C25H37NO2/c1-23(2)15-28-22(26-23)14-17-6-8-20-19-7-5-16-13-18(27)9-11-24(16,3)21(19)10-12-25(17,20)4/h5,14,18-21,27H,6-13,15H2,1-4H3/b17-14+. The first-order valence-corrected chi connectivity index (χ1v) is 11.5. The van der Waals surface area contributed by atoms with Crippen LogP contribution in [0.15, 0.2) is 28.3 Å². The smallest absolute Gasteiger partial charge is 0.209 e. The molecule has 5 rings (SSSR count). The molecule has 6 atom stereocenters. The molecule has 0 saturated heterocycles. The van der Waals surface area contributed by atoms with Crippen molar-refractivity contribution in [3.05, 3.63) is 23.3 Å². The molecule has 1 heterocycles. The zero-order valence-corrected chi connectivity index (χ0v) is 18.1. The van der Waals surface area contributed by atoms with E-state index in [9.17, 15) is 5.11 Å². The number of aliphatic hydroxyl groups excluding tert-OH is 1. The highest BCUT2D eigenvalue weighted by molar-refractivity contribution is 5.90. The summed E-state index contributed by atoms with van der Waals surface area (Å²) in [4.78, 5) is 4.79. The molecular weight excluding hydrogens is 346 g/mol. The second-order valence-electron chi connectivity index (χ2n) is 11.4. The van der Waals surface area contributed by atoms with Crippen molar-refractivity contribution in [3.63, 3.8) is 0 Å². The van der Waals surface area contributed by atoms with Crippen molar-refractivity contribution in [2.45, 2.75) is 90.7 Å². The third-order valence-corrected chi connectivity index (χ3v) is 9.21. The maximum absolute atomic E-state index is 10.2. The normalized spacial score (nSPS) is 48.2. The maximum atomic E-state index is 10.2. The number of rotatable bonds is 1. The summed E-state index contributed by atoms with van der Waals surface area (Å²) in [7, 11) is 0. The highest BCUT2D eigenvalue weighted by atomic mass is 16.5. The van der Waals surface area contributed by atoms with Gasteiger partial charge < -0.3 is 9.84 Å². The van der Waals surface area contributed by atoms with E-state index in [1.54, 1.807) is 11.1 Å². The number of aliphatic hydroxyl groups is 1. The van der Waals surface area contributed by atoms with Gasteiger partial charge in [0.1, 0.15) is 6.61 Å². The molecule has 154 valence electrons. The van der Waals surface area contributed by atoms with Gasteiger partial charge in [0, 0.05) is 0 Å². The Hall–Kier alpha value is -1.09. The van der Waals surface area contributed by atoms with Gasteiger partial charge in [0.2, 0.25) is 5.90 Å². The molecule has 3 fully saturated rings. The van der Waals surface area contributed by atoms with Crippen LogP contribution < -0.4 is 0 Å². The lowest BCUT2D eigenvalue weighted by molar-refractivity contribution is -0.0268. The van der Waals surface area contributed by atoms with Crippen LogP contribution in [-0.2, 0) is 4.74 Å². The zero-order chi connectivity index (χ0) is 19.7. The van der Waals surface area contributed by atoms with E-state index in [4.69, 9.17) is 9.73 Å². The summed E-state index contributed by atoms with van der Waals surface area (Å²) in [5.74, 6) is 3.25. The number of nitrogens with zero attached hydrogens (tertiary/aromatic N) is 1. The van der Waals surface area contributed by atoms with Crippen LogP contribution in [0.3, 0.4) is 0 Å². The summed E-state index contributed by atoms with van der Waals surface area (Å²) in [6.07, 6.45) is 14.2. The molecule has 0 aromatic rings. The molecule has 4 aliphatic carbocycles. The van der Waals surface area contributed by atoms with Crippen LogP contribution in [0.1, 0.15) is 79.1 Å². The van der Waals surface area contributed by atoms with Crippen molar-refractivity contribution in [1.29, 1.82) is 0 Å². The monoisotopic (exact) mass is 383 g/mol. The van der Waals surface area contributed by atoms with Crippen LogP contribution in [0.5, 0.6) is 0 Å². The predicted octanol–water partition coefficient (Wildman–Crippen LogP) is 5.44. The molecule has 1 aliphatic heterocycles. The SMILES string of the molecule is CC1(C)COC(/C=C2\CCC3C4CC=C5CC(O)CCC5(C)C4CCC23C)=N1. The van der Waals surface area contributed by atoms with Gasteiger partial charge in [-0.1, -0.05) is 31.1 Å². The number of hydrogen-bond donors (Lipinski definition) is 1. The number of ether oxygens (including phenoxy) is 1. The Morgan fingerprint density at radius 2 is 1.82 bits per heavy atom. The fourth-order valence-corrected chi connectivity index (χ4v) is 7.56. The Morgan fingerprint density at radius 3 is 2.57 bits per heavy atom. The van der Waals surface area contributed by atoms with Gasteiger partial charge in [0.25, 0.3) is 0 Å². The molecule has 0 aromatic heterocycles. The van der Waals surface area contributed by atoms with Gasteiger partial charge >= 0.3 is 0 Å². The van der Waals surface area contributed by atoms with Crippen LogP contribution in [0.2, 0.25) is 0 Å². The van der Waals surface area contributed by atoms with Gasteiger partial charge in [0.15, 0.2) is 0 Å². The Morgan fingerprint density at radius 1 is 1.07 bits per heavy atom. The number of aliphatic imine (C=N–C) groups is 1. The van der Waals surface area contributed by atoms with Gasteiger partial charge in [-0.2, -0.15) is 0 Å². The van der Waals surface area contributed by atoms with Gasteiger partial charge in [-0.3, -0.25) is 0 Å². The van der Waals surface area contributed by atoms with Crippen LogP contribution in [0.4, 0.5) is 0 Å². The molecule has 0 aromatic carbocycles. The van der Waals surface area contributed by atoms with Crippen molar-refractivity contribution in [2.24, 2.45) is 33.6 Å². The first-order chi connectivity index (χ1) is 13.2. The molecule has 28 heavy (non-hydrogen) atoms. The Bertz CT molecular complexity index is 763. The van der Waals surface area contributed by atoms with Crippen LogP contribution in [-0.4, -0.2) is 29.3 Å². The molecule has 3 heteroatoms. The van der Waals surface area contributed by atoms with E-state index in [2.05, 4.69) is 39.8 Å². The van der Waals surface area contributed by atoms with E-state index in [0.717, 1.165) is 36.5 Å². The van der Waals surface area contributed by atoms with E-state index < -0.39 is 0 Å². The highest BCUT2D eigenvalue weighted by Gasteiger charge is 2.57. The van der Waals surface area contributed by atoms with Crippen molar-refractivity contribution in [1.82, 2.24) is 0 Å². The highest BCUT2D eigenvalue weighted by Crippen LogP contribution is 2.66. The first-order valence-electron chi connectivity index (χ1n) is 11.5. The minimum absolute atomic E-state index is 0.0757. The molecule has 0 bridgehead atoms. The minimum Gasteiger partial charge on any atom is -0.475 e. The summed E-state index contributed by atoms with van der Waals surface area (Å²) < 4.78 is 5.90. The summed E-state index contributed by atoms with van der Waals surface area (Å²) >= 11 is 0. The number of hydrogen-bond acceptors (Lipinski definition) is 3. The van der Waals surface area contributed by atoms with Crippen molar-refractivity contribution >= 4 is 5.90 Å². The Kier molecular flexibility index (Phi) is 4.19. The average Bonchev–Trinajstić information content (AvgIpc) is 3.15. The summed E-state index contributed by atoms with van der Waals surface area (Å²) in [5, 5.41) is 10.2. The third kappa shape index (κ3) is 2.75. The molecular formula is C25H37NO2. The second-order valence-corrected chi connectivity index (χ2v) is 11.4. The average molecular weight is 384 g/mol. The second kappa shape index (κ2) is 6.20. The molecule has 3 nitrogen and oxygen atoms in total. The topological polar surface area (TPSA) is 41.8 Å². The van der Waals surface area contributed by atoms with Crippen molar-refractivity contribution < 1.29 is 9.84 Å². The lowest BCUT2D eigenvalue weighted by atomic mass is 9.48. The predicted molar refractivity (Wildman–Crippen MR) is 113 cm³/mol.